The molecule has 0 unspecified atom stereocenters. The lowest BCUT2D eigenvalue weighted by molar-refractivity contribution is -0.148. The number of carbonyl (C=O) groups is 13. The Balaban J connectivity index is 1.44. The highest BCUT2D eigenvalue weighted by molar-refractivity contribution is 6.13. The number of Topliss-reactive ketones (excluding diaryl/α,β-unsaturated/α-hetero) is 1. The van der Waals surface area contributed by atoms with Crippen molar-refractivity contribution in [2.45, 2.75) is 181 Å². The lowest BCUT2D eigenvalue weighted by Crippen LogP contribution is -2.59. The summed E-state index contributed by atoms with van der Waals surface area (Å²) in [5.74, 6) is -7.69. The number of primary amides is 1. The van der Waals surface area contributed by atoms with Crippen LogP contribution in [0.15, 0.2) is 54.6 Å². The summed E-state index contributed by atoms with van der Waals surface area (Å²) in [6.07, 6.45) is 0.0164. The van der Waals surface area contributed by atoms with Gasteiger partial charge in [0.25, 0.3) is 11.8 Å². The average molecular weight is 1490 g/mol. The number of ketones is 1. The number of imide groups is 1. The normalized spacial score (nSPS) is 16.8. The summed E-state index contributed by atoms with van der Waals surface area (Å²) in [5.41, 5.74) is 6.09. The van der Waals surface area contributed by atoms with Crippen LogP contribution in [0, 0.1) is 35.4 Å². The third kappa shape index (κ3) is 26.6. The van der Waals surface area contributed by atoms with Gasteiger partial charge in [-0.1, -0.05) is 87.3 Å². The Morgan fingerprint density at radius 1 is 0.698 bits per heavy atom. The molecule has 2 aromatic rings. The minimum atomic E-state index is -1.13. The van der Waals surface area contributed by atoms with Gasteiger partial charge in [0.2, 0.25) is 41.4 Å². The third-order valence-corrected chi connectivity index (χ3v) is 19.1. The Morgan fingerprint density at radius 2 is 1.33 bits per heavy atom. The van der Waals surface area contributed by atoms with Crippen molar-refractivity contribution in [3.8, 4) is 5.75 Å². The molecule has 590 valence electrons. The molecular formula is C74H114FN13O18. The number of urea groups is 1. The van der Waals surface area contributed by atoms with E-state index in [-0.39, 0.29) is 130 Å². The van der Waals surface area contributed by atoms with Gasteiger partial charge in [0.1, 0.15) is 30.8 Å². The van der Waals surface area contributed by atoms with Gasteiger partial charge in [0, 0.05) is 97.8 Å². The first-order chi connectivity index (χ1) is 50.0. The second kappa shape index (κ2) is 43.4. The highest BCUT2D eigenvalue weighted by Crippen LogP contribution is 2.32. The van der Waals surface area contributed by atoms with Crippen LogP contribution in [0.2, 0.25) is 0 Å². The number of nitrogens with two attached hydrogens (primary N) is 1. The van der Waals surface area contributed by atoms with Crippen LogP contribution in [0.4, 0.5) is 24.5 Å². The molecule has 0 aliphatic carbocycles. The fourth-order valence-corrected chi connectivity index (χ4v) is 12.8. The Morgan fingerprint density at radius 3 is 1.89 bits per heavy atom. The number of nitrogens with zero attached hydrogens (tertiary/aromatic N) is 6. The number of benzene rings is 2. The first kappa shape index (κ1) is 89.1. The van der Waals surface area contributed by atoms with Crippen LogP contribution < -0.4 is 42.4 Å². The lowest BCUT2D eigenvalue weighted by atomic mass is 9.89. The number of hydrogen-bond acceptors (Lipinski definition) is 19. The van der Waals surface area contributed by atoms with Crippen molar-refractivity contribution in [3.63, 3.8) is 0 Å². The molecule has 31 nitrogen and oxygen atoms in total. The van der Waals surface area contributed by atoms with Crippen molar-refractivity contribution in [2.75, 3.05) is 101 Å². The number of likely N-dealkylation sites (tertiary alicyclic amines) is 1. The van der Waals surface area contributed by atoms with Crippen LogP contribution in [0.1, 0.15) is 136 Å². The predicted molar refractivity (Wildman–Crippen MR) is 392 cm³/mol. The molecule has 0 radical (unpaired) electrons. The van der Waals surface area contributed by atoms with Crippen LogP contribution in [0.3, 0.4) is 0 Å². The summed E-state index contributed by atoms with van der Waals surface area (Å²) < 4.78 is 43.3. The highest BCUT2D eigenvalue weighted by Gasteiger charge is 2.47. The quantitative estimate of drug-likeness (QED) is 0.0271. The number of likely N-dealkylation sites (N-methyl/N-ethyl adjacent to an activating group) is 4. The topological polar surface area (TPSA) is 386 Å². The number of unbranched alkanes of at least 4 members (excludes halogenated alkanes) is 2. The summed E-state index contributed by atoms with van der Waals surface area (Å²) in [6, 6.07) is 4.01. The standard InChI is InChI=1S/C74H114FN13O18/c1-18-46(8)65(86(14)71(98)63(44(4)5)82-70(97)64(45(6)7)83(10)11)57(103-16)39-61(93)88-41-51(38-54(88)66(104-17)47(9)67(94)78-40-55(89)49-27-30-56(102-15)52(75)37-49)106-74(101)85(13)36-35-84(12)73(100)105-42-48-25-28-50(29-26-48)79-68(95)53(23-22-33-77-72(76)99)80-69(96)62(43(2)3)81-58(90)24-20-19-21-34-87-59(91)31-32-60(87)92/h25-32,37,43-47,51,53-54,57,62-66H,18-24,33-36,38-42H2,1-17H3,(H,78,94)(H,79,95)(H,80,96)(H,81,90)(H,82,97)(H3,76,77,99)/t46-,47+,51-,53-,54-,57+,62-,63-,64-,65-,66+/m0/s1. The average Bonchev–Trinajstić information content (AvgIpc) is 1.64. The van der Waals surface area contributed by atoms with Gasteiger partial charge in [-0.15, -0.1) is 0 Å². The molecule has 8 N–H and O–H groups in total. The van der Waals surface area contributed by atoms with Gasteiger partial charge in [0.15, 0.2) is 17.3 Å². The van der Waals surface area contributed by atoms with Crippen LogP contribution in [0.25, 0.3) is 0 Å². The van der Waals surface area contributed by atoms with Gasteiger partial charge in [0.05, 0.1) is 62.9 Å². The molecule has 2 aliphatic rings. The van der Waals surface area contributed by atoms with Crippen molar-refractivity contribution in [3.05, 3.63) is 71.6 Å². The van der Waals surface area contributed by atoms with E-state index in [0.717, 1.165) is 11.0 Å². The second-order valence-electron chi connectivity index (χ2n) is 28.4. The van der Waals surface area contributed by atoms with E-state index in [1.165, 1.54) is 79.3 Å². The molecule has 2 heterocycles. The van der Waals surface area contributed by atoms with Gasteiger partial charge in [-0.05, 0) is 99.3 Å². The molecule has 1 fully saturated rings. The molecule has 0 bridgehead atoms. The highest BCUT2D eigenvalue weighted by atomic mass is 19.1. The number of amides is 13. The Kier molecular flexibility index (Phi) is 36.4. The summed E-state index contributed by atoms with van der Waals surface area (Å²) in [4.78, 5) is 182. The number of nitrogens with one attached hydrogen (secondary N) is 6. The molecule has 1 saturated heterocycles. The molecule has 13 amide bonds. The minimum absolute atomic E-state index is 0.0127. The van der Waals surface area contributed by atoms with Crippen molar-refractivity contribution >= 4 is 82.9 Å². The fourth-order valence-electron chi connectivity index (χ4n) is 12.8. The van der Waals surface area contributed by atoms with E-state index in [9.17, 15) is 61.9 Å². The van der Waals surface area contributed by atoms with E-state index >= 15 is 4.79 Å². The van der Waals surface area contributed by atoms with Crippen molar-refractivity contribution in [2.24, 2.45) is 35.3 Å². The molecule has 0 spiro atoms. The Hall–Kier alpha value is -9.30. The SMILES string of the molecule is CC[C@H](C)[C@@H]([C@@H](CC(=O)N1C[C@@H](OC(=O)N(C)CCN(C)C(=O)OCc2ccc(NC(=O)[C@H](CCCNC(N)=O)NC(=O)[C@@H](NC(=O)CCCCCN3C(=O)C=CC3=O)C(C)C)cc2)C[C@H]1[C@H](OC)[C@@H](C)C(=O)NCC(=O)c1ccc(OC)c(F)c1)OC)N(C)C(=O)[C@@H](NC(=O)[C@H](C(C)C)N(C)C)C(C)C. The van der Waals surface area contributed by atoms with E-state index in [1.807, 2.05) is 41.5 Å². The number of carbonyl (C=O) groups excluding carboxylic acids is 13. The molecular weight excluding hydrogens is 1380 g/mol. The van der Waals surface area contributed by atoms with Gasteiger partial charge in [-0.25, -0.2) is 18.8 Å². The summed E-state index contributed by atoms with van der Waals surface area (Å²) in [6.45, 7) is 15.8. The summed E-state index contributed by atoms with van der Waals surface area (Å²) in [7, 11) is 12.2. The number of methoxy groups -OCH3 is 3. The summed E-state index contributed by atoms with van der Waals surface area (Å²) >= 11 is 0. The zero-order valence-corrected chi connectivity index (χ0v) is 64.6. The molecule has 2 aliphatic heterocycles. The van der Waals surface area contributed by atoms with Gasteiger partial charge < -0.3 is 80.9 Å². The number of anilines is 1. The number of halogens is 1. The smallest absolute Gasteiger partial charge is 0.409 e. The maximum atomic E-state index is 15.1. The molecule has 106 heavy (non-hydrogen) atoms. The van der Waals surface area contributed by atoms with Crippen molar-refractivity contribution < 1.29 is 90.4 Å². The minimum Gasteiger partial charge on any atom is -0.494 e. The zero-order chi connectivity index (χ0) is 79.4. The van der Waals surface area contributed by atoms with Crippen LogP contribution in [0.5, 0.6) is 5.75 Å². The lowest BCUT2D eigenvalue weighted by Gasteiger charge is -2.41. The first-order valence-corrected chi connectivity index (χ1v) is 36.1. The monoisotopic (exact) mass is 1490 g/mol. The first-order valence-electron chi connectivity index (χ1n) is 36.1. The molecule has 11 atom stereocenters. The van der Waals surface area contributed by atoms with Crippen molar-refractivity contribution in [1.29, 1.82) is 0 Å². The largest absolute Gasteiger partial charge is 0.494 e. The van der Waals surface area contributed by atoms with E-state index in [2.05, 4.69) is 31.9 Å². The van der Waals surface area contributed by atoms with Gasteiger partial charge >= 0.3 is 18.2 Å². The van der Waals surface area contributed by atoms with Crippen molar-refractivity contribution in [1.82, 2.24) is 56.0 Å². The number of rotatable bonds is 43. The Bertz CT molecular complexity index is 3350. The Labute approximate surface area is 621 Å². The third-order valence-electron chi connectivity index (χ3n) is 19.1. The summed E-state index contributed by atoms with van der Waals surface area (Å²) in [5, 5.41) is 16.3. The second-order valence-corrected chi connectivity index (χ2v) is 28.4. The zero-order valence-electron chi connectivity index (χ0n) is 64.6. The van der Waals surface area contributed by atoms with E-state index < -0.39 is 126 Å². The van der Waals surface area contributed by atoms with Gasteiger partial charge in [-0.2, -0.15) is 0 Å². The van der Waals surface area contributed by atoms with Crippen LogP contribution >= 0.6 is 0 Å². The molecule has 4 rings (SSSR count). The number of ether oxygens (including phenoxy) is 5. The maximum absolute atomic E-state index is 15.1. The molecule has 2 aromatic carbocycles. The van der Waals surface area contributed by atoms with E-state index in [1.54, 1.807) is 71.1 Å². The fraction of sp³-hybridized carbons (Fsp3) is 0.635. The van der Waals surface area contributed by atoms with Gasteiger partial charge in [-0.3, -0.25) is 57.7 Å². The predicted octanol–water partition coefficient (Wildman–Crippen LogP) is 4.59. The van der Waals surface area contributed by atoms with Crippen LogP contribution in [-0.4, -0.2) is 257 Å². The molecule has 0 saturated carbocycles. The molecule has 32 heteroatoms. The van der Waals surface area contributed by atoms with E-state index in [4.69, 9.17) is 29.4 Å². The van der Waals surface area contributed by atoms with E-state index in [0.29, 0.717) is 36.9 Å². The number of hydrogen-bond donors (Lipinski definition) is 7. The molecule has 0 aromatic heterocycles. The van der Waals surface area contributed by atoms with Crippen LogP contribution in [-0.2, 0) is 68.7 Å². The maximum Gasteiger partial charge on any atom is 0.409 e.